The number of fused-ring (bicyclic) bond motifs is 2. The van der Waals surface area contributed by atoms with Crippen LogP contribution >= 0.6 is 0 Å². The molecule has 8 nitrogen and oxygen atoms in total. The zero-order valence-corrected chi connectivity index (χ0v) is 18.8. The molecule has 0 bridgehead atoms. The molecule has 1 saturated heterocycles. The molecule has 172 valence electrons. The van der Waals surface area contributed by atoms with Crippen molar-refractivity contribution < 1.29 is 17.6 Å². The van der Waals surface area contributed by atoms with E-state index in [4.69, 9.17) is 4.98 Å². The summed E-state index contributed by atoms with van der Waals surface area (Å²) in [7, 11) is -3.05. The average molecular weight is 478 g/mol. The highest BCUT2D eigenvalue weighted by Gasteiger charge is 2.27. The van der Waals surface area contributed by atoms with Crippen LogP contribution in [0.1, 0.15) is 5.56 Å². The van der Waals surface area contributed by atoms with Crippen molar-refractivity contribution in [2.24, 2.45) is 0 Å². The summed E-state index contributed by atoms with van der Waals surface area (Å²) in [6.45, 7) is 0.686. The van der Waals surface area contributed by atoms with E-state index in [1.165, 1.54) is 12.1 Å². The molecule has 1 N–H and O–H groups in total. The smallest absolute Gasteiger partial charge is 0.228 e. The first-order valence-corrected chi connectivity index (χ1v) is 12.7. The van der Waals surface area contributed by atoms with E-state index in [-0.39, 0.29) is 23.2 Å². The number of imidazole rings is 1. The molecule has 2 aliphatic heterocycles. The Morgan fingerprint density at radius 3 is 2.50 bits per heavy atom. The van der Waals surface area contributed by atoms with Crippen LogP contribution in [-0.2, 0) is 21.1 Å². The van der Waals surface area contributed by atoms with Gasteiger partial charge in [-0.1, -0.05) is 6.07 Å². The molecular formula is C24H20FN5O3S. The first-order chi connectivity index (χ1) is 16.4. The number of halogens is 1. The fourth-order valence-corrected chi connectivity index (χ4v) is 5.77. The van der Waals surface area contributed by atoms with Gasteiger partial charge < -0.3 is 10.2 Å². The summed E-state index contributed by atoms with van der Waals surface area (Å²) < 4.78 is 39.5. The third-order valence-corrected chi connectivity index (χ3v) is 7.90. The van der Waals surface area contributed by atoms with Crippen LogP contribution in [0.5, 0.6) is 0 Å². The molecule has 10 heteroatoms. The molecule has 1 fully saturated rings. The molecule has 0 atom stereocenters. The molecule has 6 rings (SSSR count). The van der Waals surface area contributed by atoms with Gasteiger partial charge in [-0.05, 0) is 42.0 Å². The number of nitrogens with one attached hydrogen (secondary N) is 1. The normalized spacial score (nSPS) is 17.1. The molecule has 2 aromatic carbocycles. The van der Waals surface area contributed by atoms with Crippen LogP contribution in [0.15, 0.2) is 54.9 Å². The van der Waals surface area contributed by atoms with Gasteiger partial charge in [0.05, 0.1) is 29.3 Å². The molecule has 0 saturated carbocycles. The molecule has 1 amide bonds. The van der Waals surface area contributed by atoms with Crippen molar-refractivity contribution in [2.75, 3.05) is 34.8 Å². The van der Waals surface area contributed by atoms with Gasteiger partial charge in [0, 0.05) is 42.3 Å². The Morgan fingerprint density at radius 2 is 1.74 bits per heavy atom. The highest BCUT2D eigenvalue weighted by atomic mass is 32.2. The zero-order valence-electron chi connectivity index (χ0n) is 18.0. The molecule has 2 aliphatic rings. The van der Waals surface area contributed by atoms with Gasteiger partial charge in [0.2, 0.25) is 5.91 Å². The Bertz CT molecular complexity index is 1550. The standard InChI is InChI=1S/C24H20FN5O3S/c25-18-4-1-15(2-5-18)21-22(16-3-6-19-17(13-16)14-20(31)27-19)30-8-7-26-23(24(30)28-21)29-9-11-34(32,33)12-10-29/h1-8,13H,9-12,14H2,(H,27,31). The van der Waals surface area contributed by atoms with E-state index in [9.17, 15) is 17.6 Å². The molecule has 0 aliphatic carbocycles. The molecule has 0 spiro atoms. The lowest BCUT2D eigenvalue weighted by Gasteiger charge is -2.27. The molecule has 0 radical (unpaired) electrons. The van der Waals surface area contributed by atoms with E-state index < -0.39 is 9.84 Å². The number of sulfone groups is 1. The van der Waals surface area contributed by atoms with Crippen molar-refractivity contribution in [1.29, 1.82) is 0 Å². The number of nitrogens with zero attached hydrogens (tertiary/aromatic N) is 4. The Morgan fingerprint density at radius 1 is 1.00 bits per heavy atom. The minimum absolute atomic E-state index is 0.0458. The average Bonchev–Trinajstić information content (AvgIpc) is 3.38. The van der Waals surface area contributed by atoms with Gasteiger partial charge in [0.15, 0.2) is 21.3 Å². The monoisotopic (exact) mass is 477 g/mol. The number of rotatable bonds is 3. The van der Waals surface area contributed by atoms with E-state index in [0.717, 1.165) is 28.1 Å². The van der Waals surface area contributed by atoms with E-state index >= 15 is 0 Å². The number of carbonyl (C=O) groups is 1. The number of carbonyl (C=O) groups excluding carboxylic acids is 1. The number of hydrogen-bond acceptors (Lipinski definition) is 6. The Hall–Kier alpha value is -3.79. The third kappa shape index (κ3) is 3.50. The van der Waals surface area contributed by atoms with Gasteiger partial charge in [-0.15, -0.1) is 0 Å². The van der Waals surface area contributed by atoms with Gasteiger partial charge in [-0.25, -0.2) is 22.8 Å². The van der Waals surface area contributed by atoms with Crippen LogP contribution in [0.4, 0.5) is 15.9 Å². The summed E-state index contributed by atoms with van der Waals surface area (Å²) in [5.41, 5.74) is 5.32. The van der Waals surface area contributed by atoms with Crippen LogP contribution in [-0.4, -0.2) is 53.3 Å². The molecule has 2 aromatic heterocycles. The van der Waals surface area contributed by atoms with Crippen molar-refractivity contribution in [3.05, 3.63) is 66.2 Å². The van der Waals surface area contributed by atoms with E-state index in [0.29, 0.717) is 36.7 Å². The second-order valence-corrected chi connectivity index (χ2v) is 10.8. The SMILES string of the molecule is O=C1Cc2cc(-c3c(-c4ccc(F)cc4)nc4c(N5CCS(=O)(=O)CC5)nccn34)ccc2N1. The van der Waals surface area contributed by atoms with Crippen LogP contribution in [0, 0.1) is 5.82 Å². The highest BCUT2D eigenvalue weighted by molar-refractivity contribution is 7.91. The molecule has 4 aromatic rings. The largest absolute Gasteiger partial charge is 0.351 e. The summed E-state index contributed by atoms with van der Waals surface area (Å²) in [6, 6.07) is 11.9. The summed E-state index contributed by atoms with van der Waals surface area (Å²) in [5, 5.41) is 2.85. The second kappa shape index (κ2) is 7.63. The maximum atomic E-state index is 13.7. The van der Waals surface area contributed by atoms with E-state index in [1.54, 1.807) is 18.3 Å². The van der Waals surface area contributed by atoms with E-state index in [2.05, 4.69) is 10.3 Å². The van der Waals surface area contributed by atoms with Crippen molar-refractivity contribution in [1.82, 2.24) is 14.4 Å². The topological polar surface area (TPSA) is 96.7 Å². The van der Waals surface area contributed by atoms with Gasteiger partial charge in [-0.3, -0.25) is 9.20 Å². The molecule has 4 heterocycles. The maximum Gasteiger partial charge on any atom is 0.228 e. The fraction of sp³-hybridized carbons (Fsp3) is 0.208. The van der Waals surface area contributed by atoms with Crippen molar-refractivity contribution in [3.63, 3.8) is 0 Å². The lowest BCUT2D eigenvalue weighted by Crippen LogP contribution is -2.40. The summed E-state index contributed by atoms with van der Waals surface area (Å²) in [6.07, 6.45) is 3.79. The van der Waals surface area contributed by atoms with Gasteiger partial charge >= 0.3 is 0 Å². The van der Waals surface area contributed by atoms with Crippen molar-refractivity contribution in [3.8, 4) is 22.5 Å². The van der Waals surface area contributed by atoms with Crippen molar-refractivity contribution in [2.45, 2.75) is 6.42 Å². The molecule has 0 unspecified atom stereocenters. The number of hydrogen-bond donors (Lipinski definition) is 1. The number of amides is 1. The first-order valence-electron chi connectivity index (χ1n) is 10.9. The fourth-order valence-electron chi connectivity index (χ4n) is 4.57. The quantitative estimate of drug-likeness (QED) is 0.487. The van der Waals surface area contributed by atoms with Gasteiger partial charge in [0.1, 0.15) is 5.82 Å². The number of aromatic nitrogens is 3. The minimum Gasteiger partial charge on any atom is -0.351 e. The van der Waals surface area contributed by atoms with Crippen LogP contribution in [0.25, 0.3) is 28.2 Å². The number of benzene rings is 2. The van der Waals surface area contributed by atoms with Gasteiger partial charge in [-0.2, -0.15) is 0 Å². The summed E-state index contributed by atoms with van der Waals surface area (Å²) >= 11 is 0. The third-order valence-electron chi connectivity index (χ3n) is 6.29. The Labute approximate surface area is 195 Å². The summed E-state index contributed by atoms with van der Waals surface area (Å²) in [5.74, 6) is 0.355. The van der Waals surface area contributed by atoms with E-state index in [1.807, 2.05) is 33.7 Å². The molecule has 34 heavy (non-hydrogen) atoms. The maximum absolute atomic E-state index is 13.7. The first kappa shape index (κ1) is 20.8. The second-order valence-electron chi connectivity index (χ2n) is 8.50. The van der Waals surface area contributed by atoms with Crippen LogP contribution < -0.4 is 10.2 Å². The lowest BCUT2D eigenvalue weighted by atomic mass is 10.0. The predicted molar refractivity (Wildman–Crippen MR) is 127 cm³/mol. The van der Waals surface area contributed by atoms with Gasteiger partial charge in [0.25, 0.3) is 0 Å². The zero-order chi connectivity index (χ0) is 23.4. The van der Waals surface area contributed by atoms with Crippen LogP contribution in [0.2, 0.25) is 0 Å². The predicted octanol–water partition coefficient (Wildman–Crippen LogP) is 2.93. The van der Waals surface area contributed by atoms with Crippen molar-refractivity contribution >= 4 is 32.9 Å². The Kier molecular flexibility index (Phi) is 4.66. The lowest BCUT2D eigenvalue weighted by molar-refractivity contribution is -0.115. The minimum atomic E-state index is -3.05. The summed E-state index contributed by atoms with van der Waals surface area (Å²) in [4.78, 5) is 23.3. The highest BCUT2D eigenvalue weighted by Crippen LogP contribution is 2.37. The van der Waals surface area contributed by atoms with Crippen LogP contribution in [0.3, 0.4) is 0 Å². The Balaban J connectivity index is 1.55. The number of anilines is 2. The molecular weight excluding hydrogens is 457 g/mol.